The number of carbonyl (C=O) groups excluding carboxylic acids is 1. The molecule has 0 saturated heterocycles. The maximum absolute atomic E-state index is 12.5. The lowest BCUT2D eigenvalue weighted by Crippen LogP contribution is -2.33. The summed E-state index contributed by atoms with van der Waals surface area (Å²) in [4.78, 5) is 23.6. The van der Waals surface area contributed by atoms with Crippen LogP contribution in [0.4, 0.5) is 0 Å². The molecular weight excluding hydrogens is 282 g/mol. The van der Waals surface area contributed by atoms with Gasteiger partial charge in [0.1, 0.15) is 0 Å². The van der Waals surface area contributed by atoms with E-state index in [2.05, 4.69) is 9.97 Å². The third-order valence-electron chi connectivity index (χ3n) is 3.42. The first kappa shape index (κ1) is 14.1. The lowest BCUT2D eigenvalue weighted by Gasteiger charge is -2.22. The fraction of sp³-hybridized carbons (Fsp3) is 0.312. The van der Waals surface area contributed by atoms with Crippen LogP contribution in [0.15, 0.2) is 53.9 Å². The van der Waals surface area contributed by atoms with Crippen LogP contribution in [0, 0.1) is 0 Å². The quantitative estimate of drug-likeness (QED) is 0.770. The molecule has 4 nitrogen and oxygen atoms in total. The molecular formula is C16H17N3OS. The maximum Gasteiger partial charge on any atom is 0.233 e. The van der Waals surface area contributed by atoms with E-state index in [1.54, 1.807) is 36.5 Å². The summed E-state index contributed by atoms with van der Waals surface area (Å²) in [7, 11) is 0. The van der Waals surface area contributed by atoms with E-state index in [0.29, 0.717) is 18.3 Å². The molecule has 5 heteroatoms. The van der Waals surface area contributed by atoms with E-state index in [4.69, 9.17) is 0 Å². The molecule has 2 heterocycles. The summed E-state index contributed by atoms with van der Waals surface area (Å²) < 4.78 is 0. The predicted molar refractivity (Wildman–Crippen MR) is 82.8 cm³/mol. The summed E-state index contributed by atoms with van der Waals surface area (Å²) in [5, 5.41) is 0. The molecule has 0 atom stereocenters. The van der Waals surface area contributed by atoms with Crippen LogP contribution in [0.3, 0.4) is 0 Å². The van der Waals surface area contributed by atoms with Gasteiger partial charge in [-0.3, -0.25) is 14.8 Å². The first-order valence-electron chi connectivity index (χ1n) is 7.04. The minimum absolute atomic E-state index is 0.205. The minimum Gasteiger partial charge on any atom is -0.335 e. The fourth-order valence-electron chi connectivity index (χ4n) is 2.15. The predicted octanol–water partition coefficient (Wildman–Crippen LogP) is 2.76. The van der Waals surface area contributed by atoms with Crippen molar-refractivity contribution in [3.63, 3.8) is 0 Å². The first-order valence-corrected chi connectivity index (χ1v) is 8.02. The average molecular weight is 299 g/mol. The van der Waals surface area contributed by atoms with Crippen molar-refractivity contribution in [1.82, 2.24) is 14.9 Å². The second-order valence-electron chi connectivity index (χ2n) is 5.08. The van der Waals surface area contributed by atoms with Gasteiger partial charge >= 0.3 is 0 Å². The van der Waals surface area contributed by atoms with E-state index in [9.17, 15) is 4.79 Å². The van der Waals surface area contributed by atoms with Crippen molar-refractivity contribution in [3.05, 3.63) is 54.6 Å². The number of amides is 1. The van der Waals surface area contributed by atoms with Crippen molar-refractivity contribution >= 4 is 17.7 Å². The van der Waals surface area contributed by atoms with Gasteiger partial charge in [-0.15, -0.1) is 11.8 Å². The van der Waals surface area contributed by atoms with Gasteiger partial charge in [-0.25, -0.2) is 0 Å². The molecule has 0 spiro atoms. The molecule has 1 saturated carbocycles. The monoisotopic (exact) mass is 299 g/mol. The van der Waals surface area contributed by atoms with E-state index in [1.807, 2.05) is 29.2 Å². The minimum atomic E-state index is 0.205. The zero-order chi connectivity index (χ0) is 14.5. The van der Waals surface area contributed by atoms with Crippen molar-refractivity contribution in [1.29, 1.82) is 0 Å². The third kappa shape index (κ3) is 4.04. The molecule has 0 unspecified atom stereocenters. The molecule has 0 N–H and O–H groups in total. The van der Waals surface area contributed by atoms with E-state index in [-0.39, 0.29) is 5.91 Å². The van der Waals surface area contributed by atoms with Crippen molar-refractivity contribution in [2.24, 2.45) is 0 Å². The number of pyridine rings is 2. The van der Waals surface area contributed by atoms with Crippen LogP contribution in [0.1, 0.15) is 18.4 Å². The second kappa shape index (κ2) is 6.72. The van der Waals surface area contributed by atoms with Crippen molar-refractivity contribution in [2.45, 2.75) is 30.3 Å². The van der Waals surface area contributed by atoms with Gasteiger partial charge in [0.2, 0.25) is 5.91 Å². The van der Waals surface area contributed by atoms with Crippen molar-refractivity contribution in [3.8, 4) is 0 Å². The Morgan fingerprint density at radius 3 is 2.33 bits per heavy atom. The van der Waals surface area contributed by atoms with Gasteiger partial charge in [-0.05, 0) is 42.7 Å². The van der Waals surface area contributed by atoms with Crippen LogP contribution in [0.25, 0.3) is 0 Å². The smallest absolute Gasteiger partial charge is 0.233 e. The first-order chi connectivity index (χ1) is 10.3. The topological polar surface area (TPSA) is 46.1 Å². The Bertz CT molecular complexity index is 587. The van der Waals surface area contributed by atoms with Crippen molar-refractivity contribution < 1.29 is 4.79 Å². The zero-order valence-electron chi connectivity index (χ0n) is 11.7. The Labute approximate surface area is 128 Å². The van der Waals surface area contributed by atoms with Crippen LogP contribution in [-0.2, 0) is 11.3 Å². The van der Waals surface area contributed by atoms with Crippen LogP contribution in [0.5, 0.6) is 0 Å². The van der Waals surface area contributed by atoms with Gasteiger partial charge in [-0.2, -0.15) is 0 Å². The standard InChI is InChI=1S/C16H17N3OS/c20-16(12-21-15-5-9-18-10-6-15)19(14-1-2-14)11-13-3-7-17-8-4-13/h3-10,14H,1-2,11-12H2. The van der Waals surface area contributed by atoms with Crippen LogP contribution in [0.2, 0.25) is 0 Å². The molecule has 1 amide bonds. The van der Waals surface area contributed by atoms with Gasteiger partial charge in [0.15, 0.2) is 0 Å². The molecule has 1 fully saturated rings. The summed E-state index contributed by atoms with van der Waals surface area (Å²) in [5.41, 5.74) is 1.14. The molecule has 1 aliphatic carbocycles. The molecule has 0 bridgehead atoms. The molecule has 2 aromatic rings. The van der Waals surface area contributed by atoms with E-state index in [1.165, 1.54) is 0 Å². The summed E-state index contributed by atoms with van der Waals surface area (Å²) in [5.74, 6) is 0.683. The molecule has 0 aromatic carbocycles. The molecule has 2 aromatic heterocycles. The maximum atomic E-state index is 12.5. The highest BCUT2D eigenvalue weighted by Gasteiger charge is 2.32. The molecule has 3 rings (SSSR count). The van der Waals surface area contributed by atoms with Crippen LogP contribution in [-0.4, -0.2) is 32.6 Å². The van der Waals surface area contributed by atoms with Gasteiger partial charge in [0.05, 0.1) is 5.75 Å². The number of rotatable bonds is 6. The van der Waals surface area contributed by atoms with Gasteiger partial charge in [-0.1, -0.05) is 0 Å². The fourth-order valence-corrected chi connectivity index (χ4v) is 2.92. The van der Waals surface area contributed by atoms with E-state index in [0.717, 1.165) is 23.3 Å². The highest BCUT2D eigenvalue weighted by atomic mass is 32.2. The Morgan fingerprint density at radius 2 is 1.71 bits per heavy atom. The Hall–Kier alpha value is -1.88. The third-order valence-corrected chi connectivity index (χ3v) is 4.42. The second-order valence-corrected chi connectivity index (χ2v) is 6.13. The van der Waals surface area contributed by atoms with Crippen molar-refractivity contribution in [2.75, 3.05) is 5.75 Å². The number of carbonyl (C=O) groups is 1. The number of thioether (sulfide) groups is 1. The lowest BCUT2D eigenvalue weighted by molar-refractivity contribution is -0.129. The summed E-state index contributed by atoms with van der Waals surface area (Å²) in [6.07, 6.45) is 9.30. The normalized spacial score (nSPS) is 13.9. The molecule has 1 aliphatic rings. The summed E-state index contributed by atoms with van der Waals surface area (Å²) >= 11 is 1.57. The SMILES string of the molecule is O=C(CSc1ccncc1)N(Cc1ccncc1)C1CC1. The van der Waals surface area contributed by atoms with E-state index < -0.39 is 0 Å². The van der Waals surface area contributed by atoms with Gasteiger partial charge in [0.25, 0.3) is 0 Å². The Morgan fingerprint density at radius 1 is 1.10 bits per heavy atom. The lowest BCUT2D eigenvalue weighted by atomic mass is 10.2. The Kier molecular flexibility index (Phi) is 4.50. The molecule has 0 radical (unpaired) electrons. The number of aromatic nitrogens is 2. The zero-order valence-corrected chi connectivity index (χ0v) is 12.5. The van der Waals surface area contributed by atoms with Crippen LogP contribution < -0.4 is 0 Å². The number of hydrogen-bond donors (Lipinski definition) is 0. The number of nitrogens with zero attached hydrogens (tertiary/aromatic N) is 3. The largest absolute Gasteiger partial charge is 0.335 e. The summed E-state index contributed by atoms with van der Waals surface area (Å²) in [6, 6.07) is 8.23. The average Bonchev–Trinajstić information content (AvgIpc) is 3.37. The van der Waals surface area contributed by atoms with Gasteiger partial charge in [0, 0.05) is 42.3 Å². The van der Waals surface area contributed by atoms with Gasteiger partial charge < -0.3 is 4.90 Å². The highest BCUT2D eigenvalue weighted by molar-refractivity contribution is 8.00. The highest BCUT2D eigenvalue weighted by Crippen LogP contribution is 2.29. The Balaban J connectivity index is 1.60. The summed E-state index contributed by atoms with van der Waals surface area (Å²) in [6.45, 7) is 0.683. The molecule has 0 aliphatic heterocycles. The van der Waals surface area contributed by atoms with Crippen LogP contribution >= 0.6 is 11.8 Å². The molecule has 21 heavy (non-hydrogen) atoms. The molecule has 108 valence electrons. The van der Waals surface area contributed by atoms with E-state index >= 15 is 0 Å². The number of hydrogen-bond acceptors (Lipinski definition) is 4.